The van der Waals surface area contributed by atoms with Crippen LogP contribution >= 0.6 is 34.4 Å². The van der Waals surface area contributed by atoms with Crippen LogP contribution in [0.25, 0.3) is 6.08 Å². The van der Waals surface area contributed by atoms with E-state index >= 15 is 0 Å². The minimum absolute atomic E-state index is 0.220. The molecule has 0 aromatic heterocycles. The summed E-state index contributed by atoms with van der Waals surface area (Å²) in [4.78, 5) is 26.8. The lowest BCUT2D eigenvalue weighted by atomic mass is 10.1. The van der Waals surface area contributed by atoms with Crippen molar-refractivity contribution in [2.24, 2.45) is 0 Å². The molecule has 2 aromatic carbocycles. The third kappa shape index (κ3) is 5.33. The number of methoxy groups -OCH3 is 1. The zero-order valence-electron chi connectivity index (χ0n) is 16.3. The Balaban J connectivity index is 1.71. The molecule has 1 aliphatic heterocycles. The van der Waals surface area contributed by atoms with Gasteiger partial charge in [0.25, 0.3) is 11.1 Å². The monoisotopic (exact) mass is 523 g/mol. The van der Waals surface area contributed by atoms with Gasteiger partial charge in [0, 0.05) is 6.54 Å². The van der Waals surface area contributed by atoms with E-state index in [0.29, 0.717) is 29.6 Å². The molecule has 0 saturated carbocycles. The smallest absolute Gasteiger partial charge is 0.293 e. The fraction of sp³-hybridized carbons (Fsp3) is 0.273. The number of hydrogen-bond acceptors (Lipinski definition) is 5. The summed E-state index contributed by atoms with van der Waals surface area (Å²) in [5, 5.41) is -0.220. The number of benzene rings is 2. The van der Waals surface area contributed by atoms with E-state index in [4.69, 9.17) is 9.47 Å². The van der Waals surface area contributed by atoms with E-state index in [2.05, 4.69) is 34.7 Å². The van der Waals surface area contributed by atoms with Crippen molar-refractivity contribution in [1.82, 2.24) is 4.90 Å². The SMILES string of the molecule is CCOc1c(I)cc(/C=C2\SC(=O)N(CCCc3ccccc3)C2=O)cc1OC. The van der Waals surface area contributed by atoms with Crippen LogP contribution in [0.3, 0.4) is 0 Å². The van der Waals surface area contributed by atoms with Crippen molar-refractivity contribution < 1.29 is 19.1 Å². The van der Waals surface area contributed by atoms with Crippen LogP contribution in [0.4, 0.5) is 4.79 Å². The predicted octanol–water partition coefficient (Wildman–Crippen LogP) is 5.37. The van der Waals surface area contributed by atoms with Gasteiger partial charge in [-0.25, -0.2) is 0 Å². The lowest BCUT2D eigenvalue weighted by Crippen LogP contribution is -2.29. The minimum Gasteiger partial charge on any atom is -0.493 e. The second-order valence-corrected chi connectivity index (χ2v) is 8.55. The number of carbonyl (C=O) groups is 2. The standard InChI is InChI=1S/C22H22INO4S/c1-3-28-20-17(23)12-16(13-18(20)27-2)14-19-21(25)24(22(26)29-19)11-7-10-15-8-5-4-6-9-15/h4-6,8-9,12-14H,3,7,10-11H2,1-2H3/b19-14-. The van der Waals surface area contributed by atoms with Gasteiger partial charge in [0.15, 0.2) is 11.5 Å². The van der Waals surface area contributed by atoms with Crippen LogP contribution in [0.1, 0.15) is 24.5 Å². The summed E-state index contributed by atoms with van der Waals surface area (Å²) in [5.41, 5.74) is 2.00. The quantitative estimate of drug-likeness (QED) is 0.344. The molecule has 0 aliphatic carbocycles. The lowest BCUT2D eigenvalue weighted by molar-refractivity contribution is -0.122. The number of aryl methyl sites for hydroxylation is 1. The van der Waals surface area contributed by atoms with Crippen molar-refractivity contribution in [2.75, 3.05) is 20.3 Å². The summed E-state index contributed by atoms with van der Waals surface area (Å²) in [6.45, 7) is 2.87. The maximum absolute atomic E-state index is 12.7. The predicted molar refractivity (Wildman–Crippen MR) is 124 cm³/mol. The van der Waals surface area contributed by atoms with Crippen molar-refractivity contribution in [3.05, 3.63) is 62.1 Å². The Morgan fingerprint density at radius 2 is 1.93 bits per heavy atom. The number of carbonyl (C=O) groups excluding carboxylic acids is 2. The molecule has 0 unspecified atom stereocenters. The fourth-order valence-corrected chi connectivity index (χ4v) is 4.68. The first-order valence-corrected chi connectivity index (χ1v) is 11.2. The van der Waals surface area contributed by atoms with Gasteiger partial charge in [-0.2, -0.15) is 0 Å². The molecule has 1 saturated heterocycles. The molecule has 1 heterocycles. The van der Waals surface area contributed by atoms with Crippen molar-refractivity contribution >= 4 is 51.6 Å². The Kier molecular flexibility index (Phi) is 7.60. The molecule has 1 aliphatic rings. The van der Waals surface area contributed by atoms with Crippen molar-refractivity contribution in [3.8, 4) is 11.5 Å². The van der Waals surface area contributed by atoms with E-state index in [1.54, 1.807) is 13.2 Å². The van der Waals surface area contributed by atoms with Gasteiger partial charge in [-0.3, -0.25) is 14.5 Å². The first kappa shape index (κ1) is 21.7. The van der Waals surface area contributed by atoms with E-state index in [0.717, 1.165) is 33.7 Å². The summed E-state index contributed by atoms with van der Waals surface area (Å²) in [7, 11) is 1.58. The number of thioether (sulfide) groups is 1. The topological polar surface area (TPSA) is 55.8 Å². The molecule has 2 amide bonds. The van der Waals surface area contributed by atoms with Crippen LogP contribution in [-0.4, -0.2) is 36.3 Å². The van der Waals surface area contributed by atoms with Crippen LogP contribution in [0, 0.1) is 3.57 Å². The van der Waals surface area contributed by atoms with Gasteiger partial charge in [-0.05, 0) is 83.5 Å². The molecule has 29 heavy (non-hydrogen) atoms. The average molecular weight is 523 g/mol. The zero-order chi connectivity index (χ0) is 20.8. The first-order valence-electron chi connectivity index (χ1n) is 9.33. The highest BCUT2D eigenvalue weighted by atomic mass is 127. The largest absolute Gasteiger partial charge is 0.493 e. The third-order valence-electron chi connectivity index (χ3n) is 4.40. The minimum atomic E-state index is -0.240. The Morgan fingerprint density at radius 3 is 2.62 bits per heavy atom. The number of nitrogens with zero attached hydrogens (tertiary/aromatic N) is 1. The fourth-order valence-electron chi connectivity index (χ4n) is 3.04. The van der Waals surface area contributed by atoms with Gasteiger partial charge in [-0.15, -0.1) is 0 Å². The molecular formula is C22H22INO4S. The molecule has 0 radical (unpaired) electrons. The molecule has 2 aromatic rings. The van der Waals surface area contributed by atoms with Gasteiger partial charge in [0.1, 0.15) is 0 Å². The van der Waals surface area contributed by atoms with E-state index in [1.807, 2.05) is 37.3 Å². The molecule has 5 nitrogen and oxygen atoms in total. The average Bonchev–Trinajstić information content (AvgIpc) is 2.98. The van der Waals surface area contributed by atoms with Gasteiger partial charge in [0.2, 0.25) is 0 Å². The maximum Gasteiger partial charge on any atom is 0.293 e. The van der Waals surface area contributed by atoms with E-state index in [-0.39, 0.29) is 11.1 Å². The van der Waals surface area contributed by atoms with Crippen LogP contribution in [0.5, 0.6) is 11.5 Å². The second kappa shape index (κ2) is 10.2. The first-order chi connectivity index (χ1) is 14.0. The van der Waals surface area contributed by atoms with Crippen LogP contribution in [-0.2, 0) is 11.2 Å². The Morgan fingerprint density at radius 1 is 1.17 bits per heavy atom. The number of ether oxygens (including phenoxy) is 2. The number of hydrogen-bond donors (Lipinski definition) is 0. The highest BCUT2D eigenvalue weighted by molar-refractivity contribution is 14.1. The van der Waals surface area contributed by atoms with Crippen LogP contribution < -0.4 is 9.47 Å². The summed E-state index contributed by atoms with van der Waals surface area (Å²) in [5.74, 6) is 1.05. The van der Waals surface area contributed by atoms with Gasteiger partial charge in [0.05, 0.1) is 22.2 Å². The van der Waals surface area contributed by atoms with Crippen LogP contribution in [0.2, 0.25) is 0 Å². The van der Waals surface area contributed by atoms with Crippen molar-refractivity contribution in [3.63, 3.8) is 0 Å². The number of halogens is 1. The number of rotatable bonds is 8. The van der Waals surface area contributed by atoms with E-state index in [1.165, 1.54) is 10.5 Å². The maximum atomic E-state index is 12.7. The summed E-state index contributed by atoms with van der Waals surface area (Å²) in [6, 6.07) is 13.8. The van der Waals surface area contributed by atoms with E-state index in [9.17, 15) is 9.59 Å². The molecular weight excluding hydrogens is 501 g/mol. The highest BCUT2D eigenvalue weighted by Gasteiger charge is 2.34. The zero-order valence-corrected chi connectivity index (χ0v) is 19.3. The molecule has 0 N–H and O–H groups in total. The van der Waals surface area contributed by atoms with Gasteiger partial charge < -0.3 is 9.47 Å². The second-order valence-electron chi connectivity index (χ2n) is 6.39. The molecule has 0 atom stereocenters. The van der Waals surface area contributed by atoms with Gasteiger partial charge in [-0.1, -0.05) is 30.3 Å². The molecule has 3 rings (SSSR count). The summed E-state index contributed by atoms with van der Waals surface area (Å²) < 4.78 is 11.9. The van der Waals surface area contributed by atoms with E-state index < -0.39 is 0 Å². The third-order valence-corrected chi connectivity index (χ3v) is 6.11. The number of imide groups is 1. The number of amides is 2. The molecule has 7 heteroatoms. The summed E-state index contributed by atoms with van der Waals surface area (Å²) >= 11 is 3.16. The molecule has 0 spiro atoms. The molecule has 0 bridgehead atoms. The Bertz CT molecular complexity index is 930. The highest BCUT2D eigenvalue weighted by Crippen LogP contribution is 2.37. The Hall–Kier alpha value is -2.00. The Labute approximate surface area is 188 Å². The van der Waals surface area contributed by atoms with Crippen LogP contribution in [0.15, 0.2) is 47.4 Å². The molecule has 1 fully saturated rings. The van der Waals surface area contributed by atoms with Gasteiger partial charge >= 0.3 is 0 Å². The lowest BCUT2D eigenvalue weighted by Gasteiger charge is -2.13. The summed E-state index contributed by atoms with van der Waals surface area (Å²) in [6.07, 6.45) is 3.31. The normalized spacial score (nSPS) is 15.3. The molecule has 152 valence electrons. The van der Waals surface area contributed by atoms with Crippen molar-refractivity contribution in [2.45, 2.75) is 19.8 Å². The van der Waals surface area contributed by atoms with Crippen molar-refractivity contribution in [1.29, 1.82) is 0 Å².